The van der Waals surface area contributed by atoms with Gasteiger partial charge in [-0.15, -0.1) is 16.6 Å². The molecule has 1 heterocycles. The average molecular weight is 206 g/mol. The predicted octanol–water partition coefficient (Wildman–Crippen LogP) is 0.965. The molecule has 0 amide bonds. The van der Waals surface area contributed by atoms with Gasteiger partial charge in [-0.05, 0) is 19.9 Å². The summed E-state index contributed by atoms with van der Waals surface area (Å²) in [5, 5.41) is 15.6. The number of carboxylic acids is 1. The maximum Gasteiger partial charge on any atom is 0.356 e. The molecule has 0 spiro atoms. The van der Waals surface area contributed by atoms with Gasteiger partial charge in [0, 0.05) is 6.07 Å². The Bertz CT molecular complexity index is 404. The van der Waals surface area contributed by atoms with E-state index in [-0.39, 0.29) is 11.6 Å². The van der Waals surface area contributed by atoms with E-state index in [2.05, 4.69) is 16.1 Å². The van der Waals surface area contributed by atoms with E-state index in [0.717, 1.165) is 0 Å². The Labute approximate surface area is 87.1 Å². The van der Waals surface area contributed by atoms with Gasteiger partial charge < -0.3 is 9.84 Å². The summed E-state index contributed by atoms with van der Waals surface area (Å²) in [7, 11) is 0. The van der Waals surface area contributed by atoms with Gasteiger partial charge in [-0.3, -0.25) is 0 Å². The SMILES string of the molecule is C#CC(C)(C)Oc1ccc(C(=O)O)nn1. The summed E-state index contributed by atoms with van der Waals surface area (Å²) in [6, 6.07) is 2.72. The van der Waals surface area contributed by atoms with Crippen LogP contribution in [-0.4, -0.2) is 26.9 Å². The second-order valence-corrected chi connectivity index (χ2v) is 3.32. The second kappa shape index (κ2) is 3.96. The maximum absolute atomic E-state index is 10.5. The van der Waals surface area contributed by atoms with Gasteiger partial charge in [0.05, 0.1) is 0 Å². The lowest BCUT2D eigenvalue weighted by molar-refractivity contribution is 0.0688. The fourth-order valence-electron chi connectivity index (χ4n) is 0.779. The third kappa shape index (κ3) is 2.95. The summed E-state index contributed by atoms with van der Waals surface area (Å²) in [5.74, 6) is 1.48. The highest BCUT2D eigenvalue weighted by Gasteiger charge is 2.17. The van der Waals surface area contributed by atoms with Crippen LogP contribution in [-0.2, 0) is 0 Å². The van der Waals surface area contributed by atoms with E-state index in [9.17, 15) is 4.79 Å². The third-order valence-corrected chi connectivity index (χ3v) is 1.57. The van der Waals surface area contributed by atoms with Gasteiger partial charge in [-0.2, -0.15) is 0 Å². The van der Waals surface area contributed by atoms with E-state index in [4.69, 9.17) is 16.3 Å². The fourth-order valence-corrected chi connectivity index (χ4v) is 0.779. The molecule has 1 aromatic heterocycles. The van der Waals surface area contributed by atoms with Gasteiger partial charge in [0.15, 0.2) is 11.3 Å². The van der Waals surface area contributed by atoms with Crippen LogP contribution in [0.3, 0.4) is 0 Å². The molecule has 0 aromatic carbocycles. The zero-order chi connectivity index (χ0) is 11.5. The molecule has 0 aliphatic heterocycles. The lowest BCUT2D eigenvalue weighted by Crippen LogP contribution is -2.26. The van der Waals surface area contributed by atoms with Crippen molar-refractivity contribution >= 4 is 5.97 Å². The Morgan fingerprint density at radius 2 is 2.20 bits per heavy atom. The molecule has 5 heteroatoms. The summed E-state index contributed by atoms with van der Waals surface area (Å²) in [6.45, 7) is 3.39. The van der Waals surface area contributed by atoms with Crippen LogP contribution in [0.15, 0.2) is 12.1 Å². The Morgan fingerprint density at radius 1 is 1.53 bits per heavy atom. The first-order chi connectivity index (χ1) is 6.94. The van der Waals surface area contributed by atoms with Gasteiger partial charge in [-0.25, -0.2) is 4.79 Å². The number of nitrogens with zero attached hydrogens (tertiary/aromatic N) is 2. The Balaban J connectivity index is 2.83. The molecule has 1 rings (SSSR count). The smallest absolute Gasteiger partial charge is 0.356 e. The summed E-state index contributed by atoms with van der Waals surface area (Å²) in [4.78, 5) is 10.5. The first-order valence-electron chi connectivity index (χ1n) is 4.18. The number of hydrogen-bond acceptors (Lipinski definition) is 4. The Kier molecular flexibility index (Phi) is 2.90. The minimum Gasteiger partial charge on any atom is -0.476 e. The predicted molar refractivity (Wildman–Crippen MR) is 52.5 cm³/mol. The number of rotatable bonds is 3. The molecule has 0 bridgehead atoms. The molecule has 0 atom stereocenters. The minimum absolute atomic E-state index is 0.138. The quantitative estimate of drug-likeness (QED) is 0.746. The molecule has 1 N–H and O–H groups in total. The lowest BCUT2D eigenvalue weighted by Gasteiger charge is -2.18. The molecule has 5 nitrogen and oxygen atoms in total. The first-order valence-corrected chi connectivity index (χ1v) is 4.18. The number of aromatic nitrogens is 2. The van der Waals surface area contributed by atoms with Gasteiger partial charge in [0.1, 0.15) is 0 Å². The number of ether oxygens (including phenoxy) is 1. The van der Waals surface area contributed by atoms with Crippen LogP contribution in [0.25, 0.3) is 0 Å². The number of carboxylic acid groups (broad SMARTS) is 1. The average Bonchev–Trinajstić information content (AvgIpc) is 2.18. The fraction of sp³-hybridized carbons (Fsp3) is 0.300. The van der Waals surface area contributed by atoms with Crippen molar-refractivity contribution in [2.75, 3.05) is 0 Å². The van der Waals surface area contributed by atoms with Crippen LogP contribution in [0.5, 0.6) is 5.88 Å². The van der Waals surface area contributed by atoms with E-state index in [1.54, 1.807) is 13.8 Å². The van der Waals surface area contributed by atoms with Gasteiger partial charge in [0.2, 0.25) is 5.88 Å². The molecule has 0 aliphatic rings. The lowest BCUT2D eigenvalue weighted by atomic mass is 10.1. The van der Waals surface area contributed by atoms with E-state index in [1.807, 2.05) is 0 Å². The molecule has 0 saturated carbocycles. The number of hydrogen-bond donors (Lipinski definition) is 1. The van der Waals surface area contributed by atoms with Crippen molar-refractivity contribution in [1.82, 2.24) is 10.2 Å². The number of aromatic carboxylic acids is 1. The van der Waals surface area contributed by atoms with Crippen molar-refractivity contribution in [1.29, 1.82) is 0 Å². The summed E-state index contributed by atoms with van der Waals surface area (Å²) in [6.07, 6.45) is 5.21. The summed E-state index contributed by atoms with van der Waals surface area (Å²) < 4.78 is 5.28. The standard InChI is InChI=1S/C10H10N2O3/c1-4-10(2,3)15-8-6-5-7(9(13)14)11-12-8/h1,5-6H,2-3H3,(H,13,14). The molecule has 0 aliphatic carbocycles. The molecule has 15 heavy (non-hydrogen) atoms. The molecule has 0 saturated heterocycles. The zero-order valence-electron chi connectivity index (χ0n) is 8.39. The molecule has 78 valence electrons. The molecular weight excluding hydrogens is 196 g/mol. The zero-order valence-corrected chi connectivity index (χ0v) is 8.39. The molecule has 0 unspecified atom stereocenters. The van der Waals surface area contributed by atoms with Crippen molar-refractivity contribution < 1.29 is 14.6 Å². The third-order valence-electron chi connectivity index (χ3n) is 1.57. The highest BCUT2D eigenvalue weighted by molar-refractivity contribution is 5.84. The molecular formula is C10H10N2O3. The molecule has 1 aromatic rings. The topological polar surface area (TPSA) is 72.3 Å². The van der Waals surface area contributed by atoms with Crippen molar-refractivity contribution in [2.24, 2.45) is 0 Å². The molecule has 0 fully saturated rings. The molecule has 0 radical (unpaired) electrons. The summed E-state index contributed by atoms with van der Waals surface area (Å²) >= 11 is 0. The van der Waals surface area contributed by atoms with Crippen molar-refractivity contribution in [2.45, 2.75) is 19.4 Å². The Hall–Kier alpha value is -2.09. The monoisotopic (exact) mass is 206 g/mol. The minimum atomic E-state index is -1.13. The maximum atomic E-state index is 10.5. The highest BCUT2D eigenvalue weighted by atomic mass is 16.5. The van der Waals surface area contributed by atoms with Crippen LogP contribution in [0.4, 0.5) is 0 Å². The van der Waals surface area contributed by atoms with Crippen LogP contribution < -0.4 is 4.74 Å². The highest BCUT2D eigenvalue weighted by Crippen LogP contribution is 2.13. The number of carbonyl (C=O) groups is 1. The van der Waals surface area contributed by atoms with Gasteiger partial charge in [-0.1, -0.05) is 5.92 Å². The van der Waals surface area contributed by atoms with E-state index in [1.165, 1.54) is 12.1 Å². The first kappa shape index (κ1) is 11.0. The van der Waals surface area contributed by atoms with Crippen molar-refractivity contribution in [3.63, 3.8) is 0 Å². The van der Waals surface area contributed by atoms with E-state index >= 15 is 0 Å². The van der Waals surface area contributed by atoms with Crippen LogP contribution in [0.1, 0.15) is 24.3 Å². The van der Waals surface area contributed by atoms with Crippen LogP contribution in [0, 0.1) is 12.3 Å². The normalized spacial score (nSPS) is 10.5. The van der Waals surface area contributed by atoms with Crippen molar-refractivity contribution in [3.8, 4) is 18.2 Å². The van der Waals surface area contributed by atoms with Gasteiger partial charge >= 0.3 is 5.97 Å². The van der Waals surface area contributed by atoms with E-state index in [0.29, 0.717) is 0 Å². The van der Waals surface area contributed by atoms with E-state index < -0.39 is 11.6 Å². The second-order valence-electron chi connectivity index (χ2n) is 3.32. The number of terminal acetylenes is 1. The van der Waals surface area contributed by atoms with Gasteiger partial charge in [0.25, 0.3) is 0 Å². The largest absolute Gasteiger partial charge is 0.476 e. The van der Waals surface area contributed by atoms with Crippen molar-refractivity contribution in [3.05, 3.63) is 17.8 Å². The van der Waals surface area contributed by atoms with Crippen LogP contribution >= 0.6 is 0 Å². The Morgan fingerprint density at radius 3 is 2.60 bits per heavy atom. The van der Waals surface area contributed by atoms with Crippen LogP contribution in [0.2, 0.25) is 0 Å². The summed E-state index contributed by atoms with van der Waals surface area (Å²) in [5.41, 5.74) is -0.930.